The van der Waals surface area contributed by atoms with Gasteiger partial charge in [-0.15, -0.1) is 0 Å². The quantitative estimate of drug-likeness (QED) is 0.699. The zero-order valence-corrected chi connectivity index (χ0v) is 11.7. The summed E-state index contributed by atoms with van der Waals surface area (Å²) in [5.41, 5.74) is 2.96. The first-order valence-corrected chi connectivity index (χ1v) is 9.43. The molecule has 0 saturated heterocycles. The van der Waals surface area contributed by atoms with Crippen molar-refractivity contribution in [1.29, 1.82) is 0 Å². The van der Waals surface area contributed by atoms with Crippen LogP contribution in [-0.4, -0.2) is 19.3 Å². The fourth-order valence-corrected chi connectivity index (χ4v) is 3.57. The Bertz CT molecular complexity index is 389. The number of rotatable bonds is 2. The normalized spacial score (nSPS) is 21.1. The number of hydrogen-bond acceptors (Lipinski definition) is 1. The van der Waals surface area contributed by atoms with Crippen LogP contribution in [0.5, 0.6) is 0 Å². The summed E-state index contributed by atoms with van der Waals surface area (Å²) in [7, 11) is -1.18. The third-order valence-corrected chi connectivity index (χ3v) is 5.39. The fraction of sp³-hybridized carbons (Fsp3) is 0.429. The summed E-state index contributed by atoms with van der Waals surface area (Å²) in [5.74, 6) is 0.605. The van der Waals surface area contributed by atoms with Crippen molar-refractivity contribution in [1.82, 2.24) is 4.57 Å². The van der Waals surface area contributed by atoms with E-state index in [1.165, 1.54) is 17.7 Å². The van der Waals surface area contributed by atoms with Gasteiger partial charge in [0.25, 0.3) is 0 Å². The molecule has 16 heavy (non-hydrogen) atoms. The van der Waals surface area contributed by atoms with Crippen LogP contribution < -0.4 is 0 Å². The van der Waals surface area contributed by atoms with Crippen LogP contribution in [0.1, 0.15) is 18.4 Å². The second kappa shape index (κ2) is 4.09. The van der Waals surface area contributed by atoms with Crippen LogP contribution in [0.4, 0.5) is 0 Å². The van der Waals surface area contributed by atoms with Gasteiger partial charge in [0.05, 0.1) is 0 Å². The standard InChI is InChI=1S/C14H21NSi/c1-12-10-15(16(2,3)4)11-14(12)13-8-6-5-7-9-13/h5-10,14H,11H2,1-4H3. The van der Waals surface area contributed by atoms with Gasteiger partial charge in [0.1, 0.15) is 8.24 Å². The minimum Gasteiger partial charge on any atom is -0.403 e. The molecule has 0 N–H and O–H groups in total. The van der Waals surface area contributed by atoms with Crippen LogP contribution in [0.3, 0.4) is 0 Å². The Hall–Kier alpha value is -1.02. The summed E-state index contributed by atoms with van der Waals surface area (Å²) < 4.78 is 2.58. The highest BCUT2D eigenvalue weighted by Gasteiger charge is 2.30. The first-order valence-electron chi connectivity index (χ1n) is 5.98. The van der Waals surface area contributed by atoms with Crippen LogP contribution in [0.25, 0.3) is 0 Å². The minimum atomic E-state index is -1.18. The Morgan fingerprint density at radius 2 is 1.75 bits per heavy atom. The molecule has 1 atom stereocenters. The molecule has 2 rings (SSSR count). The maximum Gasteiger partial charge on any atom is 0.146 e. The van der Waals surface area contributed by atoms with Crippen molar-refractivity contribution < 1.29 is 0 Å². The molecule has 1 aliphatic heterocycles. The van der Waals surface area contributed by atoms with E-state index >= 15 is 0 Å². The molecule has 0 saturated carbocycles. The Morgan fingerprint density at radius 3 is 2.25 bits per heavy atom. The Kier molecular flexibility index (Phi) is 2.93. The maximum absolute atomic E-state index is 2.58. The number of benzene rings is 1. The van der Waals surface area contributed by atoms with Crippen LogP contribution >= 0.6 is 0 Å². The summed E-state index contributed by atoms with van der Waals surface area (Å²) in [6.45, 7) is 10.7. The SMILES string of the molecule is CC1=CN([Si](C)(C)C)CC1c1ccccc1. The van der Waals surface area contributed by atoms with Crippen LogP contribution in [0, 0.1) is 0 Å². The highest BCUT2D eigenvalue weighted by atomic mass is 28.3. The summed E-state index contributed by atoms with van der Waals surface area (Å²) in [5, 5.41) is 0. The summed E-state index contributed by atoms with van der Waals surface area (Å²) in [6, 6.07) is 10.9. The molecule has 0 aliphatic carbocycles. The van der Waals surface area contributed by atoms with E-state index in [9.17, 15) is 0 Å². The van der Waals surface area contributed by atoms with Crippen LogP contribution in [0.15, 0.2) is 42.1 Å². The molecule has 0 radical (unpaired) electrons. The van der Waals surface area contributed by atoms with Crippen LogP contribution in [0.2, 0.25) is 19.6 Å². The first kappa shape index (κ1) is 11.5. The molecule has 0 fully saturated rings. The predicted octanol–water partition coefficient (Wildman–Crippen LogP) is 3.82. The lowest BCUT2D eigenvalue weighted by atomic mass is 9.95. The molecule has 1 unspecified atom stereocenters. The van der Waals surface area contributed by atoms with Gasteiger partial charge >= 0.3 is 0 Å². The highest BCUT2D eigenvalue weighted by molar-refractivity contribution is 6.73. The first-order chi connectivity index (χ1) is 7.48. The third-order valence-electron chi connectivity index (χ3n) is 3.35. The van der Waals surface area contributed by atoms with E-state index in [0.717, 1.165) is 0 Å². The molecular formula is C14H21NSi. The molecule has 86 valence electrons. The van der Waals surface area contributed by atoms with Crippen molar-refractivity contribution in [2.24, 2.45) is 0 Å². The molecule has 1 aromatic carbocycles. The largest absolute Gasteiger partial charge is 0.403 e. The Labute approximate surface area is 99.9 Å². The predicted molar refractivity (Wildman–Crippen MR) is 73.0 cm³/mol. The lowest BCUT2D eigenvalue weighted by Gasteiger charge is -2.31. The van der Waals surface area contributed by atoms with E-state index < -0.39 is 8.24 Å². The minimum absolute atomic E-state index is 0.605. The lowest BCUT2D eigenvalue weighted by molar-refractivity contribution is 0.572. The van der Waals surface area contributed by atoms with Crippen molar-refractivity contribution >= 4 is 8.24 Å². The van der Waals surface area contributed by atoms with E-state index in [0.29, 0.717) is 5.92 Å². The molecule has 1 heterocycles. The topological polar surface area (TPSA) is 3.24 Å². The third kappa shape index (κ3) is 2.22. The summed E-state index contributed by atoms with van der Waals surface area (Å²) >= 11 is 0. The van der Waals surface area contributed by atoms with Crippen LogP contribution in [-0.2, 0) is 0 Å². The zero-order chi connectivity index (χ0) is 11.8. The van der Waals surface area contributed by atoms with Crippen molar-refractivity contribution in [3.05, 3.63) is 47.7 Å². The van der Waals surface area contributed by atoms with Gasteiger partial charge in [-0.05, 0) is 24.3 Å². The molecule has 1 nitrogen and oxygen atoms in total. The van der Waals surface area contributed by atoms with E-state index in [-0.39, 0.29) is 0 Å². The Morgan fingerprint density at radius 1 is 1.12 bits per heavy atom. The molecule has 1 aliphatic rings. The van der Waals surface area contributed by atoms with E-state index in [2.05, 4.69) is 67.7 Å². The van der Waals surface area contributed by atoms with Gasteiger partial charge in [-0.2, -0.15) is 0 Å². The maximum atomic E-state index is 2.58. The second-order valence-corrected chi connectivity index (χ2v) is 10.6. The Balaban J connectivity index is 2.21. The van der Waals surface area contributed by atoms with Gasteiger partial charge in [-0.25, -0.2) is 0 Å². The zero-order valence-electron chi connectivity index (χ0n) is 10.7. The molecule has 0 amide bonds. The van der Waals surface area contributed by atoms with E-state index in [4.69, 9.17) is 0 Å². The monoisotopic (exact) mass is 231 g/mol. The summed E-state index contributed by atoms with van der Waals surface area (Å²) in [4.78, 5) is 0. The van der Waals surface area contributed by atoms with Gasteiger partial charge in [-0.1, -0.05) is 50.0 Å². The highest BCUT2D eigenvalue weighted by Crippen LogP contribution is 2.33. The average Bonchev–Trinajstić information content (AvgIpc) is 2.61. The van der Waals surface area contributed by atoms with E-state index in [1.54, 1.807) is 0 Å². The summed E-state index contributed by atoms with van der Waals surface area (Å²) in [6.07, 6.45) is 2.38. The smallest absolute Gasteiger partial charge is 0.146 e. The fourth-order valence-electron chi connectivity index (χ4n) is 2.25. The molecule has 0 bridgehead atoms. The van der Waals surface area contributed by atoms with Crippen molar-refractivity contribution in [2.45, 2.75) is 32.5 Å². The molecule has 0 aromatic heterocycles. The number of nitrogens with zero attached hydrogens (tertiary/aromatic N) is 1. The molecular weight excluding hydrogens is 210 g/mol. The molecule has 0 spiro atoms. The van der Waals surface area contributed by atoms with Crippen molar-refractivity contribution in [3.63, 3.8) is 0 Å². The van der Waals surface area contributed by atoms with E-state index in [1.807, 2.05) is 0 Å². The second-order valence-electron chi connectivity index (χ2n) is 5.66. The van der Waals surface area contributed by atoms with Gasteiger partial charge < -0.3 is 4.57 Å². The van der Waals surface area contributed by atoms with Gasteiger partial charge in [-0.3, -0.25) is 0 Å². The molecule has 2 heteroatoms. The average molecular weight is 231 g/mol. The number of hydrogen-bond donors (Lipinski definition) is 0. The van der Waals surface area contributed by atoms with Gasteiger partial charge in [0, 0.05) is 12.5 Å². The molecule has 1 aromatic rings. The van der Waals surface area contributed by atoms with Gasteiger partial charge in [0.2, 0.25) is 0 Å². The van der Waals surface area contributed by atoms with Gasteiger partial charge in [0.15, 0.2) is 0 Å². The van der Waals surface area contributed by atoms with Crippen molar-refractivity contribution in [2.75, 3.05) is 6.54 Å². The lowest BCUT2D eigenvalue weighted by Crippen LogP contribution is -2.41. The van der Waals surface area contributed by atoms with Crippen molar-refractivity contribution in [3.8, 4) is 0 Å².